The molecule has 2 aromatic rings. The second kappa shape index (κ2) is 8.89. The molecular formula is C18H20N2S2. The minimum Gasteiger partial charge on any atom is -0.312 e. The van der Waals surface area contributed by atoms with Crippen molar-refractivity contribution >= 4 is 23.5 Å². The van der Waals surface area contributed by atoms with Gasteiger partial charge >= 0.3 is 0 Å². The van der Waals surface area contributed by atoms with E-state index >= 15 is 0 Å². The SMILES string of the molecule is N#CC(N)(CSCc1ccccc1)CSCc1ccccc1. The highest BCUT2D eigenvalue weighted by atomic mass is 32.2. The van der Waals surface area contributed by atoms with Crippen LogP contribution in [0.4, 0.5) is 0 Å². The van der Waals surface area contributed by atoms with E-state index < -0.39 is 5.54 Å². The normalized spacial score (nSPS) is 11.1. The number of nitrogens with two attached hydrogens (primary N) is 1. The summed E-state index contributed by atoms with van der Waals surface area (Å²) in [5.74, 6) is 3.09. The zero-order valence-electron chi connectivity index (χ0n) is 12.4. The first kappa shape index (κ1) is 17.0. The third kappa shape index (κ3) is 5.76. The van der Waals surface area contributed by atoms with Gasteiger partial charge in [-0.25, -0.2) is 0 Å². The highest BCUT2D eigenvalue weighted by Gasteiger charge is 2.24. The first-order valence-corrected chi connectivity index (χ1v) is 9.46. The highest BCUT2D eigenvalue weighted by molar-refractivity contribution is 7.99. The number of rotatable bonds is 8. The van der Waals surface area contributed by atoms with Crippen molar-refractivity contribution in [2.24, 2.45) is 5.73 Å². The maximum Gasteiger partial charge on any atom is 0.122 e. The molecule has 2 rings (SSSR count). The van der Waals surface area contributed by atoms with Crippen LogP contribution in [0.1, 0.15) is 11.1 Å². The fourth-order valence-electron chi connectivity index (χ4n) is 1.96. The lowest BCUT2D eigenvalue weighted by molar-refractivity contribution is 0.694. The van der Waals surface area contributed by atoms with Crippen molar-refractivity contribution in [1.82, 2.24) is 0 Å². The number of nitriles is 1. The molecule has 114 valence electrons. The largest absolute Gasteiger partial charge is 0.312 e. The molecule has 0 aliphatic carbocycles. The number of nitrogens with zero attached hydrogens (tertiary/aromatic N) is 1. The minimum atomic E-state index is -0.765. The van der Waals surface area contributed by atoms with Gasteiger partial charge in [0, 0.05) is 23.0 Å². The zero-order chi connectivity index (χ0) is 15.7. The van der Waals surface area contributed by atoms with E-state index in [2.05, 4.69) is 30.3 Å². The average molecular weight is 329 g/mol. The van der Waals surface area contributed by atoms with Crippen LogP contribution in [0.5, 0.6) is 0 Å². The van der Waals surface area contributed by atoms with Gasteiger partial charge in [-0.05, 0) is 11.1 Å². The Morgan fingerprint density at radius 2 is 1.23 bits per heavy atom. The maximum absolute atomic E-state index is 9.38. The average Bonchev–Trinajstić information content (AvgIpc) is 2.57. The van der Waals surface area contributed by atoms with Crippen molar-refractivity contribution in [3.05, 3.63) is 71.8 Å². The molecule has 0 aliphatic rings. The van der Waals surface area contributed by atoms with E-state index in [1.165, 1.54) is 11.1 Å². The van der Waals surface area contributed by atoms with E-state index in [0.29, 0.717) is 11.5 Å². The van der Waals surface area contributed by atoms with Crippen molar-refractivity contribution in [2.45, 2.75) is 17.0 Å². The van der Waals surface area contributed by atoms with Crippen LogP contribution in [0.15, 0.2) is 60.7 Å². The van der Waals surface area contributed by atoms with Crippen molar-refractivity contribution in [3.63, 3.8) is 0 Å². The van der Waals surface area contributed by atoms with E-state index in [0.717, 1.165) is 11.5 Å². The summed E-state index contributed by atoms with van der Waals surface area (Å²) in [5, 5.41) is 9.38. The first-order chi connectivity index (χ1) is 10.7. The molecular weight excluding hydrogens is 308 g/mol. The molecule has 0 aliphatic heterocycles. The molecule has 4 heteroatoms. The van der Waals surface area contributed by atoms with Crippen molar-refractivity contribution in [2.75, 3.05) is 11.5 Å². The van der Waals surface area contributed by atoms with Gasteiger partial charge < -0.3 is 5.73 Å². The molecule has 2 nitrogen and oxygen atoms in total. The molecule has 0 bridgehead atoms. The Morgan fingerprint density at radius 1 is 0.818 bits per heavy atom. The van der Waals surface area contributed by atoms with Crippen LogP contribution in [-0.2, 0) is 11.5 Å². The van der Waals surface area contributed by atoms with Crippen LogP contribution < -0.4 is 5.73 Å². The van der Waals surface area contributed by atoms with Gasteiger partial charge in [-0.2, -0.15) is 28.8 Å². The lowest BCUT2D eigenvalue weighted by atomic mass is 10.1. The van der Waals surface area contributed by atoms with Gasteiger partial charge in [-0.3, -0.25) is 0 Å². The minimum absolute atomic E-state index is 0.653. The topological polar surface area (TPSA) is 49.8 Å². The van der Waals surface area contributed by atoms with Gasteiger partial charge in [-0.1, -0.05) is 60.7 Å². The van der Waals surface area contributed by atoms with Gasteiger partial charge in [0.05, 0.1) is 6.07 Å². The number of benzene rings is 2. The molecule has 0 atom stereocenters. The third-order valence-electron chi connectivity index (χ3n) is 3.17. The fraction of sp³-hybridized carbons (Fsp3) is 0.278. The predicted molar refractivity (Wildman–Crippen MR) is 97.7 cm³/mol. The predicted octanol–water partition coefficient (Wildman–Crippen LogP) is 4.07. The van der Waals surface area contributed by atoms with E-state index in [-0.39, 0.29) is 0 Å². The highest BCUT2D eigenvalue weighted by Crippen LogP contribution is 2.22. The molecule has 0 unspecified atom stereocenters. The number of hydrogen-bond donors (Lipinski definition) is 1. The summed E-state index contributed by atoms with van der Waals surface area (Å²) in [7, 11) is 0. The van der Waals surface area contributed by atoms with Gasteiger partial charge in [0.2, 0.25) is 0 Å². The molecule has 2 N–H and O–H groups in total. The molecule has 0 saturated carbocycles. The zero-order valence-corrected chi connectivity index (χ0v) is 14.1. The Hall–Kier alpha value is -1.41. The lowest BCUT2D eigenvalue weighted by Crippen LogP contribution is -2.43. The lowest BCUT2D eigenvalue weighted by Gasteiger charge is -2.20. The van der Waals surface area contributed by atoms with Crippen LogP contribution in [0.2, 0.25) is 0 Å². The first-order valence-electron chi connectivity index (χ1n) is 7.15. The van der Waals surface area contributed by atoms with Crippen LogP contribution in [0.25, 0.3) is 0 Å². The van der Waals surface area contributed by atoms with Gasteiger partial charge in [0.25, 0.3) is 0 Å². The Labute approximate surface area is 141 Å². The molecule has 0 radical (unpaired) electrons. The maximum atomic E-state index is 9.38. The van der Waals surface area contributed by atoms with E-state index in [9.17, 15) is 5.26 Å². The molecule has 0 fully saturated rings. The third-order valence-corrected chi connectivity index (χ3v) is 5.68. The molecule has 2 aromatic carbocycles. The molecule has 0 aromatic heterocycles. The van der Waals surface area contributed by atoms with E-state index in [1.807, 2.05) is 36.4 Å². The molecule has 0 amide bonds. The van der Waals surface area contributed by atoms with Gasteiger partial charge in [0.1, 0.15) is 5.54 Å². The summed E-state index contributed by atoms with van der Waals surface area (Å²) in [6.07, 6.45) is 0. The Bertz CT molecular complexity index is 548. The summed E-state index contributed by atoms with van der Waals surface area (Å²) >= 11 is 3.45. The van der Waals surface area contributed by atoms with Crippen LogP contribution >= 0.6 is 23.5 Å². The Kier molecular flexibility index (Phi) is 6.85. The monoisotopic (exact) mass is 328 g/mol. The van der Waals surface area contributed by atoms with E-state index in [4.69, 9.17) is 5.73 Å². The molecule has 0 spiro atoms. The van der Waals surface area contributed by atoms with Gasteiger partial charge in [-0.15, -0.1) is 0 Å². The summed E-state index contributed by atoms with van der Waals surface area (Å²) in [6.45, 7) is 0. The standard InChI is InChI=1S/C18H20N2S2/c19-13-18(20,14-21-11-16-7-3-1-4-8-16)15-22-12-17-9-5-2-6-10-17/h1-10H,11-12,14-15,20H2. The van der Waals surface area contributed by atoms with Gasteiger partial charge in [0.15, 0.2) is 0 Å². The smallest absolute Gasteiger partial charge is 0.122 e. The molecule has 0 saturated heterocycles. The van der Waals surface area contributed by atoms with Crippen LogP contribution in [-0.4, -0.2) is 17.0 Å². The van der Waals surface area contributed by atoms with Crippen molar-refractivity contribution < 1.29 is 0 Å². The number of thioether (sulfide) groups is 2. The van der Waals surface area contributed by atoms with Crippen molar-refractivity contribution in [3.8, 4) is 6.07 Å². The quantitative estimate of drug-likeness (QED) is 0.793. The summed E-state index contributed by atoms with van der Waals surface area (Å²) in [6, 6.07) is 22.8. The molecule has 22 heavy (non-hydrogen) atoms. The fourth-order valence-corrected chi connectivity index (χ4v) is 4.21. The Balaban J connectivity index is 1.75. The van der Waals surface area contributed by atoms with Crippen molar-refractivity contribution in [1.29, 1.82) is 5.26 Å². The van der Waals surface area contributed by atoms with Crippen LogP contribution in [0.3, 0.4) is 0 Å². The Morgan fingerprint density at radius 3 is 1.59 bits per heavy atom. The number of hydrogen-bond acceptors (Lipinski definition) is 4. The summed E-state index contributed by atoms with van der Waals surface area (Å²) in [4.78, 5) is 0. The summed E-state index contributed by atoms with van der Waals surface area (Å²) in [5.41, 5.74) is 7.99. The second-order valence-corrected chi connectivity index (χ2v) is 7.20. The van der Waals surface area contributed by atoms with Crippen LogP contribution in [0, 0.1) is 11.3 Å². The second-order valence-electron chi connectivity index (χ2n) is 5.22. The molecule has 0 heterocycles. The summed E-state index contributed by atoms with van der Waals surface area (Å²) < 4.78 is 0. The van der Waals surface area contributed by atoms with E-state index in [1.54, 1.807) is 23.5 Å².